The van der Waals surface area contributed by atoms with E-state index in [1.807, 2.05) is 0 Å². The van der Waals surface area contributed by atoms with Crippen LogP contribution in [0.25, 0.3) is 11.0 Å². The molecule has 212 valence electrons. The smallest absolute Gasteiger partial charge is 0.391 e. The molecule has 39 heavy (non-hydrogen) atoms. The number of carbonyl (C=O) groups excluding carboxylic acids is 1. The van der Waals surface area contributed by atoms with Crippen molar-refractivity contribution in [2.75, 3.05) is 11.9 Å². The second-order valence-corrected chi connectivity index (χ2v) is 10.1. The maximum atomic E-state index is 13.1. The first-order valence-electron chi connectivity index (χ1n) is 12.1. The van der Waals surface area contributed by atoms with Crippen molar-refractivity contribution < 1.29 is 31.5 Å². The van der Waals surface area contributed by atoms with Crippen molar-refractivity contribution in [2.45, 2.75) is 50.9 Å². The fourth-order valence-corrected chi connectivity index (χ4v) is 5.13. The summed E-state index contributed by atoms with van der Waals surface area (Å²) in [6, 6.07) is 5.62. The highest BCUT2D eigenvalue weighted by molar-refractivity contribution is 6.39. The third-order valence-electron chi connectivity index (χ3n) is 6.74. The normalized spacial score (nSPS) is 18.0. The second-order valence-electron chi connectivity index (χ2n) is 9.32. The molecule has 0 atom stereocenters. The molecule has 7 nitrogen and oxygen atoms in total. The summed E-state index contributed by atoms with van der Waals surface area (Å²) in [6.07, 6.45) is -6.99. The van der Waals surface area contributed by atoms with Crippen molar-refractivity contribution in [3.05, 3.63) is 45.4 Å². The molecule has 14 heteroatoms. The number of hydrogen-bond acceptors (Lipinski definition) is 5. The Balaban J connectivity index is 1.64. The number of ether oxygens (including phenoxy) is 1. The van der Waals surface area contributed by atoms with Gasteiger partial charge in [0.25, 0.3) is 12.3 Å². The summed E-state index contributed by atoms with van der Waals surface area (Å²) in [5.41, 5.74) is 7.45. The van der Waals surface area contributed by atoms with Gasteiger partial charge in [-0.25, -0.2) is 13.8 Å². The first-order valence-corrected chi connectivity index (χ1v) is 12.9. The molecule has 3 aromatic rings. The molecule has 1 aliphatic carbocycles. The predicted molar refractivity (Wildman–Crippen MR) is 139 cm³/mol. The Hall–Kier alpha value is -2.83. The van der Waals surface area contributed by atoms with Crippen LogP contribution in [0.4, 0.5) is 33.6 Å². The van der Waals surface area contributed by atoms with Gasteiger partial charge < -0.3 is 25.7 Å². The molecule has 0 aliphatic heterocycles. The van der Waals surface area contributed by atoms with E-state index in [0.717, 1.165) is 0 Å². The lowest BCUT2D eigenvalue weighted by molar-refractivity contribution is -0.182. The number of fused-ring (bicyclic) bond motifs is 1. The first kappa shape index (κ1) is 29.2. The molecule has 1 fully saturated rings. The van der Waals surface area contributed by atoms with Crippen molar-refractivity contribution in [2.24, 2.45) is 18.7 Å². The molecule has 1 saturated carbocycles. The van der Waals surface area contributed by atoms with E-state index in [1.54, 1.807) is 23.7 Å². The number of imidazole rings is 1. The molecule has 1 aliphatic rings. The number of nitrogens with two attached hydrogens (primary N) is 1. The largest absolute Gasteiger partial charge is 0.487 e. The van der Waals surface area contributed by atoms with Crippen LogP contribution < -0.4 is 21.1 Å². The summed E-state index contributed by atoms with van der Waals surface area (Å²) < 4.78 is 71.8. The third-order valence-corrected chi connectivity index (χ3v) is 7.49. The van der Waals surface area contributed by atoms with Gasteiger partial charge >= 0.3 is 6.18 Å². The van der Waals surface area contributed by atoms with E-state index in [9.17, 15) is 26.7 Å². The molecule has 0 spiro atoms. The highest BCUT2D eigenvalue weighted by atomic mass is 35.5. The summed E-state index contributed by atoms with van der Waals surface area (Å²) >= 11 is 12.8. The van der Waals surface area contributed by atoms with Crippen LogP contribution in [0.1, 0.15) is 41.6 Å². The van der Waals surface area contributed by atoms with Crippen molar-refractivity contribution in [1.82, 2.24) is 14.9 Å². The van der Waals surface area contributed by atoms with Crippen LogP contribution in [-0.2, 0) is 13.6 Å². The average Bonchev–Trinajstić information content (AvgIpc) is 3.18. The van der Waals surface area contributed by atoms with Gasteiger partial charge in [-0.15, -0.1) is 0 Å². The summed E-state index contributed by atoms with van der Waals surface area (Å²) in [7, 11) is 1.65. The fraction of sp³-hybridized carbons (Fsp3) is 0.440. The highest BCUT2D eigenvalue weighted by Gasteiger charge is 2.41. The molecule has 1 aromatic heterocycles. The number of nitrogens with one attached hydrogen (secondary N) is 2. The lowest BCUT2D eigenvalue weighted by Crippen LogP contribution is -2.40. The number of anilines is 2. The van der Waals surface area contributed by atoms with Crippen LogP contribution in [-0.4, -0.2) is 40.7 Å². The maximum Gasteiger partial charge on any atom is 0.391 e. The van der Waals surface area contributed by atoms with Crippen LogP contribution in [0.15, 0.2) is 24.3 Å². The van der Waals surface area contributed by atoms with Crippen LogP contribution in [0.5, 0.6) is 5.75 Å². The van der Waals surface area contributed by atoms with E-state index in [4.69, 9.17) is 33.7 Å². The zero-order valence-corrected chi connectivity index (χ0v) is 22.2. The van der Waals surface area contributed by atoms with Crippen LogP contribution in [0.2, 0.25) is 10.0 Å². The number of hydrogen-bond donors (Lipinski definition) is 3. The maximum absolute atomic E-state index is 13.1. The Morgan fingerprint density at radius 2 is 1.90 bits per heavy atom. The molecule has 2 aromatic carbocycles. The zero-order valence-electron chi connectivity index (χ0n) is 20.7. The average molecular weight is 594 g/mol. The molecule has 0 unspecified atom stereocenters. The number of alkyl halides is 5. The van der Waals surface area contributed by atoms with Gasteiger partial charge in [0.1, 0.15) is 12.4 Å². The fourth-order valence-electron chi connectivity index (χ4n) is 4.59. The van der Waals surface area contributed by atoms with Crippen molar-refractivity contribution in [3.8, 4) is 5.75 Å². The van der Waals surface area contributed by atoms with E-state index in [2.05, 4.69) is 15.6 Å². The van der Waals surface area contributed by atoms with Crippen molar-refractivity contribution >= 4 is 51.8 Å². The first-order chi connectivity index (χ1) is 18.4. The van der Waals surface area contributed by atoms with Crippen LogP contribution in [0, 0.1) is 5.92 Å². The number of amides is 1. The molecule has 0 radical (unpaired) electrons. The highest BCUT2D eigenvalue weighted by Crippen LogP contribution is 2.39. The number of carbonyl (C=O) groups is 1. The van der Waals surface area contributed by atoms with Gasteiger partial charge in [-0.2, -0.15) is 13.2 Å². The lowest BCUT2D eigenvalue weighted by Gasteiger charge is -2.30. The second kappa shape index (κ2) is 11.7. The van der Waals surface area contributed by atoms with Gasteiger partial charge in [-0.3, -0.25) is 4.79 Å². The van der Waals surface area contributed by atoms with Gasteiger partial charge in [0.15, 0.2) is 0 Å². The molecular formula is C25H26Cl2F5N5O2. The quantitative estimate of drug-likeness (QED) is 0.257. The van der Waals surface area contributed by atoms with Crippen molar-refractivity contribution in [1.29, 1.82) is 0 Å². The molecular weight excluding hydrogens is 568 g/mol. The summed E-state index contributed by atoms with van der Waals surface area (Å²) in [5.74, 6) is -1.89. The molecule has 4 N–H and O–H groups in total. The molecule has 1 heterocycles. The SMILES string of the molecule is Cn1c(Nc2c(Cl)ccc(CN)c2Cl)nc2cc(C(=O)N[C@H]3CC[C@H](C(F)(F)F)CC3)c(OCC(F)F)cc21. The third kappa shape index (κ3) is 6.50. The summed E-state index contributed by atoms with van der Waals surface area (Å²) in [6.45, 7) is -0.781. The lowest BCUT2D eigenvalue weighted by atomic mass is 9.85. The Bertz CT molecular complexity index is 1360. The minimum Gasteiger partial charge on any atom is -0.487 e. The molecule has 0 saturated heterocycles. The zero-order chi connectivity index (χ0) is 28.5. The number of aromatic nitrogens is 2. The van der Waals surface area contributed by atoms with Crippen LogP contribution >= 0.6 is 23.2 Å². The van der Waals surface area contributed by atoms with E-state index in [0.29, 0.717) is 32.3 Å². The Morgan fingerprint density at radius 1 is 1.21 bits per heavy atom. The number of benzene rings is 2. The number of rotatable bonds is 8. The van der Waals surface area contributed by atoms with Gasteiger partial charge in [0.05, 0.1) is 38.2 Å². The molecule has 4 rings (SSSR count). The minimum absolute atomic E-state index is 0.0630. The van der Waals surface area contributed by atoms with E-state index < -0.39 is 37.1 Å². The molecule has 1 amide bonds. The topological polar surface area (TPSA) is 94.2 Å². The Labute approximate surface area is 230 Å². The minimum atomic E-state index is -4.28. The summed E-state index contributed by atoms with van der Waals surface area (Å²) in [5, 5.41) is 6.39. The number of nitrogens with zero attached hydrogens (tertiary/aromatic N) is 2. The van der Waals surface area contributed by atoms with Gasteiger partial charge in [0.2, 0.25) is 5.95 Å². The van der Waals surface area contributed by atoms with E-state index in [-0.39, 0.29) is 49.5 Å². The predicted octanol–water partition coefficient (Wildman–Crippen LogP) is 6.58. The number of halogens is 7. The van der Waals surface area contributed by atoms with Gasteiger partial charge in [-0.1, -0.05) is 29.3 Å². The Kier molecular flexibility index (Phi) is 8.77. The van der Waals surface area contributed by atoms with Crippen LogP contribution in [0.3, 0.4) is 0 Å². The summed E-state index contributed by atoms with van der Waals surface area (Å²) in [4.78, 5) is 17.6. The monoisotopic (exact) mass is 593 g/mol. The molecule has 0 bridgehead atoms. The van der Waals surface area contributed by atoms with Gasteiger partial charge in [0, 0.05) is 25.7 Å². The van der Waals surface area contributed by atoms with Crippen molar-refractivity contribution in [3.63, 3.8) is 0 Å². The van der Waals surface area contributed by atoms with E-state index >= 15 is 0 Å². The van der Waals surface area contributed by atoms with Gasteiger partial charge in [-0.05, 0) is 43.4 Å². The van der Waals surface area contributed by atoms with E-state index in [1.165, 1.54) is 12.1 Å². The Morgan fingerprint density at radius 3 is 2.51 bits per heavy atom. The standard InChI is InChI=1S/C25H26Cl2F5N5O2/c1-37-18-9-19(39-11-20(28)29)15(23(38)34-14-5-3-13(4-6-14)25(30,31)32)8-17(18)35-24(37)36-22-16(26)7-2-12(10-33)21(22)27/h2,7-9,13-14,20H,3-6,10-11,33H2,1H3,(H,34,38)(H,35,36)/t13-,14-. The number of aryl methyl sites for hydroxylation is 1.